The van der Waals surface area contributed by atoms with Crippen molar-refractivity contribution in [2.45, 2.75) is 31.8 Å². The summed E-state index contributed by atoms with van der Waals surface area (Å²) in [5.74, 6) is 1.41. The summed E-state index contributed by atoms with van der Waals surface area (Å²) in [6.07, 6.45) is 6.33. The van der Waals surface area contributed by atoms with Gasteiger partial charge in [0, 0.05) is 24.7 Å². The van der Waals surface area contributed by atoms with Crippen molar-refractivity contribution in [2.75, 3.05) is 19.8 Å². The van der Waals surface area contributed by atoms with Crippen molar-refractivity contribution in [1.29, 1.82) is 0 Å². The van der Waals surface area contributed by atoms with E-state index in [1.807, 2.05) is 23.2 Å². The molecule has 3 heterocycles. The van der Waals surface area contributed by atoms with Crippen molar-refractivity contribution in [3.63, 3.8) is 0 Å². The summed E-state index contributed by atoms with van der Waals surface area (Å²) in [6, 6.07) is 5.60. The van der Waals surface area contributed by atoms with Gasteiger partial charge in [0.1, 0.15) is 0 Å². The zero-order valence-electron chi connectivity index (χ0n) is 13.4. The van der Waals surface area contributed by atoms with Gasteiger partial charge in [-0.3, -0.25) is 9.48 Å². The van der Waals surface area contributed by atoms with Crippen molar-refractivity contribution in [1.82, 2.24) is 19.9 Å². The fraction of sp³-hybridized carbons (Fsp3) is 0.471. The Kier molecular flexibility index (Phi) is 4.06. The van der Waals surface area contributed by atoms with E-state index < -0.39 is 0 Å². The molecule has 24 heavy (non-hydrogen) atoms. The van der Waals surface area contributed by atoms with Crippen LogP contribution in [0.5, 0.6) is 11.5 Å². The van der Waals surface area contributed by atoms with E-state index in [-0.39, 0.29) is 11.9 Å². The molecule has 1 aromatic carbocycles. The molecule has 0 N–H and O–H groups in total. The van der Waals surface area contributed by atoms with Crippen LogP contribution in [0.15, 0.2) is 30.6 Å². The van der Waals surface area contributed by atoms with Crippen molar-refractivity contribution in [3.8, 4) is 11.5 Å². The van der Waals surface area contributed by atoms with Gasteiger partial charge in [-0.25, -0.2) is 0 Å². The summed E-state index contributed by atoms with van der Waals surface area (Å²) in [7, 11) is 0. The number of likely N-dealkylation sites (tertiary alicyclic amines) is 1. The lowest BCUT2D eigenvalue weighted by Crippen LogP contribution is -2.38. The van der Waals surface area contributed by atoms with E-state index in [2.05, 4.69) is 10.3 Å². The molecule has 0 radical (unpaired) electrons. The van der Waals surface area contributed by atoms with Crippen LogP contribution in [0.4, 0.5) is 0 Å². The SMILES string of the molecule is O=C(c1ccc2c(c1)OCCCO2)N1CCC[C@H]1Cn1ccnn1. The van der Waals surface area contributed by atoms with Gasteiger partial charge in [0.2, 0.25) is 0 Å². The molecule has 1 atom stereocenters. The zero-order valence-corrected chi connectivity index (χ0v) is 13.4. The van der Waals surface area contributed by atoms with Crippen LogP contribution in [0.1, 0.15) is 29.6 Å². The molecule has 7 heteroatoms. The van der Waals surface area contributed by atoms with Crippen LogP contribution < -0.4 is 9.47 Å². The minimum absolute atomic E-state index is 0.0354. The third-order valence-electron chi connectivity index (χ3n) is 4.50. The lowest BCUT2D eigenvalue weighted by atomic mass is 10.1. The number of rotatable bonds is 3. The van der Waals surface area contributed by atoms with Gasteiger partial charge in [-0.15, -0.1) is 5.10 Å². The summed E-state index contributed by atoms with van der Waals surface area (Å²) in [4.78, 5) is 14.9. The van der Waals surface area contributed by atoms with Crippen LogP contribution in [0, 0.1) is 0 Å². The minimum Gasteiger partial charge on any atom is -0.490 e. The number of hydrogen-bond donors (Lipinski definition) is 0. The second-order valence-electron chi connectivity index (χ2n) is 6.13. The molecular weight excluding hydrogens is 308 g/mol. The molecule has 2 aliphatic heterocycles. The molecule has 1 fully saturated rings. The molecule has 1 saturated heterocycles. The van der Waals surface area contributed by atoms with E-state index in [4.69, 9.17) is 9.47 Å². The van der Waals surface area contributed by atoms with Crippen molar-refractivity contribution in [3.05, 3.63) is 36.2 Å². The molecule has 126 valence electrons. The number of amides is 1. The first-order valence-corrected chi connectivity index (χ1v) is 8.36. The Labute approximate surface area is 140 Å². The fourth-order valence-electron chi connectivity index (χ4n) is 3.30. The number of hydrogen-bond acceptors (Lipinski definition) is 5. The lowest BCUT2D eigenvalue weighted by Gasteiger charge is -2.25. The molecule has 0 aliphatic carbocycles. The number of fused-ring (bicyclic) bond motifs is 1. The fourth-order valence-corrected chi connectivity index (χ4v) is 3.30. The van der Waals surface area contributed by atoms with Crippen LogP contribution in [0.2, 0.25) is 0 Å². The van der Waals surface area contributed by atoms with Crippen LogP contribution >= 0.6 is 0 Å². The molecule has 0 spiro atoms. The third-order valence-corrected chi connectivity index (χ3v) is 4.50. The summed E-state index contributed by atoms with van der Waals surface area (Å²) < 4.78 is 13.1. The van der Waals surface area contributed by atoms with E-state index in [9.17, 15) is 4.79 Å². The molecule has 0 saturated carbocycles. The first-order chi connectivity index (χ1) is 11.8. The summed E-state index contributed by atoms with van der Waals surface area (Å²) in [5, 5.41) is 7.83. The summed E-state index contributed by atoms with van der Waals surface area (Å²) in [5.41, 5.74) is 0.643. The Bertz CT molecular complexity index is 717. The maximum Gasteiger partial charge on any atom is 0.254 e. The van der Waals surface area contributed by atoms with Crippen molar-refractivity contribution < 1.29 is 14.3 Å². The monoisotopic (exact) mass is 328 g/mol. The van der Waals surface area contributed by atoms with Gasteiger partial charge in [0.15, 0.2) is 11.5 Å². The topological polar surface area (TPSA) is 69.5 Å². The largest absolute Gasteiger partial charge is 0.490 e. The maximum atomic E-state index is 12.9. The van der Waals surface area contributed by atoms with E-state index >= 15 is 0 Å². The average Bonchev–Trinajstić information content (AvgIpc) is 3.22. The molecule has 0 unspecified atom stereocenters. The highest BCUT2D eigenvalue weighted by molar-refractivity contribution is 5.95. The first-order valence-electron chi connectivity index (χ1n) is 8.36. The van der Waals surface area contributed by atoms with E-state index in [1.54, 1.807) is 16.9 Å². The van der Waals surface area contributed by atoms with Gasteiger partial charge < -0.3 is 14.4 Å². The van der Waals surface area contributed by atoms with Crippen LogP contribution in [0.25, 0.3) is 0 Å². The van der Waals surface area contributed by atoms with Gasteiger partial charge in [-0.2, -0.15) is 0 Å². The Hall–Kier alpha value is -2.57. The predicted molar refractivity (Wildman–Crippen MR) is 86.1 cm³/mol. The smallest absolute Gasteiger partial charge is 0.254 e. The van der Waals surface area contributed by atoms with Crippen LogP contribution in [-0.4, -0.2) is 51.6 Å². The molecular formula is C17H20N4O3. The number of carbonyl (C=O) groups excluding carboxylic acids is 1. The standard InChI is InChI=1S/C17H20N4O3/c22-17(13-4-5-15-16(11-13)24-10-2-9-23-15)21-7-1-3-14(21)12-20-8-6-18-19-20/h4-6,8,11,14H,1-3,7,9-10,12H2/t14-/m0/s1. The maximum absolute atomic E-state index is 12.9. The Morgan fingerprint density at radius 1 is 1.21 bits per heavy atom. The molecule has 1 amide bonds. The lowest BCUT2D eigenvalue weighted by molar-refractivity contribution is 0.0720. The highest BCUT2D eigenvalue weighted by atomic mass is 16.5. The second-order valence-corrected chi connectivity index (χ2v) is 6.13. The van der Waals surface area contributed by atoms with Gasteiger partial charge in [0.25, 0.3) is 5.91 Å². The molecule has 2 aromatic rings. The van der Waals surface area contributed by atoms with Gasteiger partial charge >= 0.3 is 0 Å². The molecule has 0 bridgehead atoms. The number of benzene rings is 1. The highest BCUT2D eigenvalue weighted by Crippen LogP contribution is 2.31. The normalized spacial score (nSPS) is 20.0. The zero-order chi connectivity index (χ0) is 16.4. The molecule has 4 rings (SSSR count). The second kappa shape index (κ2) is 6.51. The van der Waals surface area contributed by atoms with Gasteiger partial charge in [-0.1, -0.05) is 5.21 Å². The van der Waals surface area contributed by atoms with Gasteiger partial charge in [0.05, 0.1) is 32.0 Å². The molecule has 1 aromatic heterocycles. The summed E-state index contributed by atoms with van der Waals surface area (Å²) in [6.45, 7) is 2.71. The number of carbonyl (C=O) groups is 1. The van der Waals surface area contributed by atoms with Crippen LogP contribution in [0.3, 0.4) is 0 Å². The Balaban J connectivity index is 1.53. The first kappa shape index (κ1) is 15.0. The summed E-state index contributed by atoms with van der Waals surface area (Å²) >= 11 is 0. The highest BCUT2D eigenvalue weighted by Gasteiger charge is 2.30. The Morgan fingerprint density at radius 3 is 2.92 bits per heavy atom. The van der Waals surface area contributed by atoms with Crippen LogP contribution in [-0.2, 0) is 6.54 Å². The number of nitrogens with zero attached hydrogens (tertiary/aromatic N) is 4. The van der Waals surface area contributed by atoms with Crippen molar-refractivity contribution >= 4 is 5.91 Å². The van der Waals surface area contributed by atoms with Crippen molar-refractivity contribution in [2.24, 2.45) is 0 Å². The van der Waals surface area contributed by atoms with E-state index in [1.165, 1.54) is 0 Å². The predicted octanol–water partition coefficient (Wildman–Crippen LogP) is 1.74. The quantitative estimate of drug-likeness (QED) is 0.858. The molecule has 7 nitrogen and oxygen atoms in total. The molecule has 2 aliphatic rings. The Morgan fingerprint density at radius 2 is 2.08 bits per heavy atom. The average molecular weight is 328 g/mol. The van der Waals surface area contributed by atoms with Gasteiger partial charge in [-0.05, 0) is 31.0 Å². The number of ether oxygens (including phenoxy) is 2. The minimum atomic E-state index is 0.0354. The third kappa shape index (κ3) is 2.93. The van der Waals surface area contributed by atoms with E-state index in [0.29, 0.717) is 36.8 Å². The number of aromatic nitrogens is 3. The van der Waals surface area contributed by atoms with E-state index in [0.717, 1.165) is 25.8 Å².